The molecule has 5 fully saturated rings. The number of fused-ring (bicyclic) bond motifs is 3. The van der Waals surface area contributed by atoms with Crippen molar-refractivity contribution in [2.45, 2.75) is 102 Å². The fourth-order valence-corrected chi connectivity index (χ4v) is 9.10. The Morgan fingerprint density at radius 1 is 0.912 bits per heavy atom. The minimum absolute atomic E-state index is 0.00453. The van der Waals surface area contributed by atoms with Crippen LogP contribution in [-0.2, 0) is 9.47 Å². The van der Waals surface area contributed by atoms with Crippen LogP contribution < -0.4 is 0 Å². The van der Waals surface area contributed by atoms with Gasteiger partial charge >= 0.3 is 12.1 Å². The van der Waals surface area contributed by atoms with Crippen LogP contribution in [0.25, 0.3) is 0 Å². The van der Waals surface area contributed by atoms with Crippen molar-refractivity contribution in [3.63, 3.8) is 0 Å². The fraction of sp³-hybridized carbons (Fsp3) is 0.923. The SMILES string of the molecule is CC1(C)COC2(CC[C@]34C[C@]3(CCC3C4=CC[C@@]4(C)C3CC[C@@]4(O)C(F)(F)C(F)(F)F)C2)OC1. The first-order valence-electron chi connectivity index (χ1n) is 12.7. The van der Waals surface area contributed by atoms with E-state index in [4.69, 9.17) is 9.47 Å². The highest BCUT2D eigenvalue weighted by Crippen LogP contribution is 2.83. The maximum Gasteiger partial charge on any atom is 0.456 e. The number of aliphatic hydroxyl groups is 1. The van der Waals surface area contributed by atoms with Crippen LogP contribution in [0.2, 0.25) is 0 Å². The van der Waals surface area contributed by atoms with Crippen molar-refractivity contribution in [1.29, 1.82) is 0 Å². The van der Waals surface area contributed by atoms with E-state index in [9.17, 15) is 27.1 Å². The van der Waals surface area contributed by atoms with Gasteiger partial charge in [-0.1, -0.05) is 32.4 Å². The zero-order valence-corrected chi connectivity index (χ0v) is 20.2. The van der Waals surface area contributed by atoms with E-state index in [1.807, 2.05) is 6.08 Å². The van der Waals surface area contributed by atoms with Gasteiger partial charge in [0.2, 0.25) is 0 Å². The molecule has 6 aliphatic rings. The summed E-state index contributed by atoms with van der Waals surface area (Å²) in [4.78, 5) is 0. The van der Waals surface area contributed by atoms with Crippen molar-refractivity contribution in [3.05, 3.63) is 11.6 Å². The third-order valence-corrected chi connectivity index (χ3v) is 11.1. The molecule has 6 atom stereocenters. The topological polar surface area (TPSA) is 38.7 Å². The van der Waals surface area contributed by atoms with Gasteiger partial charge in [-0.25, -0.2) is 0 Å². The van der Waals surface area contributed by atoms with Crippen molar-refractivity contribution in [2.75, 3.05) is 13.2 Å². The molecule has 0 radical (unpaired) electrons. The number of rotatable bonds is 1. The van der Waals surface area contributed by atoms with E-state index in [0.717, 1.165) is 38.5 Å². The second-order valence-electron chi connectivity index (χ2n) is 13.4. The zero-order valence-electron chi connectivity index (χ0n) is 20.2. The van der Waals surface area contributed by atoms with Crippen LogP contribution in [-0.4, -0.2) is 41.8 Å². The third kappa shape index (κ3) is 2.64. The highest BCUT2D eigenvalue weighted by Gasteiger charge is 2.81. The van der Waals surface area contributed by atoms with Crippen molar-refractivity contribution in [1.82, 2.24) is 0 Å². The summed E-state index contributed by atoms with van der Waals surface area (Å²) in [6.45, 7) is 7.04. The van der Waals surface area contributed by atoms with Gasteiger partial charge in [-0.05, 0) is 67.6 Å². The van der Waals surface area contributed by atoms with Crippen LogP contribution in [0, 0.1) is 33.5 Å². The van der Waals surface area contributed by atoms with Gasteiger partial charge in [0, 0.05) is 23.7 Å². The Morgan fingerprint density at radius 3 is 2.24 bits per heavy atom. The van der Waals surface area contributed by atoms with E-state index in [1.54, 1.807) is 0 Å². The van der Waals surface area contributed by atoms with Gasteiger partial charge in [0.15, 0.2) is 5.79 Å². The molecule has 1 aliphatic heterocycles. The third-order valence-electron chi connectivity index (χ3n) is 11.1. The first-order valence-corrected chi connectivity index (χ1v) is 12.7. The van der Waals surface area contributed by atoms with Crippen LogP contribution in [0.1, 0.15) is 78.6 Å². The summed E-state index contributed by atoms with van der Waals surface area (Å²) in [5.41, 5.74) is -3.24. The summed E-state index contributed by atoms with van der Waals surface area (Å²) >= 11 is 0. The Balaban J connectivity index is 1.29. The first-order chi connectivity index (χ1) is 15.6. The van der Waals surface area contributed by atoms with Crippen molar-refractivity contribution in [3.8, 4) is 0 Å². The summed E-state index contributed by atoms with van der Waals surface area (Å²) < 4.78 is 82.0. The molecule has 0 aromatic rings. The molecule has 0 aromatic heterocycles. The number of hydrogen-bond acceptors (Lipinski definition) is 3. The first kappa shape index (κ1) is 23.7. The maximum absolute atomic E-state index is 14.6. The van der Waals surface area contributed by atoms with Crippen LogP contribution in [0.15, 0.2) is 11.6 Å². The summed E-state index contributed by atoms with van der Waals surface area (Å²) in [5.74, 6) is -6.08. The monoisotopic (exact) mass is 490 g/mol. The average molecular weight is 491 g/mol. The number of halogens is 5. The van der Waals surface area contributed by atoms with E-state index in [-0.39, 0.29) is 40.9 Å². The Hall–Kier alpha value is -0.730. The molecule has 34 heavy (non-hydrogen) atoms. The molecule has 0 bridgehead atoms. The molecule has 192 valence electrons. The molecular formula is C26H35F5O3. The zero-order chi connectivity index (χ0) is 24.6. The predicted octanol–water partition coefficient (Wildman–Crippen LogP) is 6.40. The normalized spacial score (nSPS) is 48.9. The summed E-state index contributed by atoms with van der Waals surface area (Å²) in [6.07, 6.45) is 1.15. The molecular weight excluding hydrogens is 455 g/mol. The van der Waals surface area contributed by atoms with Gasteiger partial charge in [-0.2, -0.15) is 22.0 Å². The second kappa shape index (κ2) is 6.39. The van der Waals surface area contributed by atoms with E-state index in [1.165, 1.54) is 12.5 Å². The van der Waals surface area contributed by atoms with E-state index in [2.05, 4.69) is 13.8 Å². The minimum atomic E-state index is -5.77. The summed E-state index contributed by atoms with van der Waals surface area (Å²) in [7, 11) is 0. The molecule has 0 aromatic carbocycles. The molecule has 8 heteroatoms. The van der Waals surface area contributed by atoms with Crippen LogP contribution in [0.5, 0.6) is 0 Å². The van der Waals surface area contributed by atoms with E-state index in [0.29, 0.717) is 13.2 Å². The van der Waals surface area contributed by atoms with Gasteiger partial charge in [0.1, 0.15) is 5.60 Å². The van der Waals surface area contributed by atoms with E-state index < -0.39 is 35.3 Å². The molecule has 5 aliphatic carbocycles. The fourth-order valence-electron chi connectivity index (χ4n) is 9.10. The summed E-state index contributed by atoms with van der Waals surface area (Å²) in [6, 6.07) is 0. The van der Waals surface area contributed by atoms with Gasteiger partial charge < -0.3 is 14.6 Å². The molecule has 4 saturated carbocycles. The number of hydrogen-bond donors (Lipinski definition) is 1. The molecule has 1 saturated heterocycles. The molecule has 6 rings (SSSR count). The minimum Gasteiger partial charge on any atom is -0.383 e. The largest absolute Gasteiger partial charge is 0.456 e. The quantitative estimate of drug-likeness (QED) is 0.341. The van der Waals surface area contributed by atoms with Crippen LogP contribution in [0.3, 0.4) is 0 Å². The van der Waals surface area contributed by atoms with Crippen molar-refractivity contribution in [2.24, 2.45) is 33.5 Å². The molecule has 0 amide bonds. The van der Waals surface area contributed by atoms with Gasteiger partial charge in [0.25, 0.3) is 0 Å². The molecule has 2 unspecified atom stereocenters. The Kier molecular flexibility index (Phi) is 4.45. The predicted molar refractivity (Wildman–Crippen MR) is 114 cm³/mol. The number of allylic oxidation sites excluding steroid dienone is 2. The van der Waals surface area contributed by atoms with Gasteiger partial charge in [-0.3, -0.25) is 0 Å². The molecule has 1 N–H and O–H groups in total. The molecule has 1 heterocycles. The lowest BCUT2D eigenvalue weighted by molar-refractivity contribution is -0.361. The maximum atomic E-state index is 14.6. The lowest BCUT2D eigenvalue weighted by Gasteiger charge is -2.56. The number of alkyl halides is 5. The average Bonchev–Trinajstić information content (AvgIpc) is 3.35. The Labute approximate surface area is 197 Å². The van der Waals surface area contributed by atoms with Crippen LogP contribution >= 0.6 is 0 Å². The van der Waals surface area contributed by atoms with Crippen molar-refractivity contribution >= 4 is 0 Å². The highest BCUT2D eigenvalue weighted by molar-refractivity contribution is 5.41. The standard InChI is InChI=1S/C26H35F5O3/c1-19(2)14-33-23(34-15-19)11-10-22-12-21(22,13-23)8-4-16-17-6-9-24(32,25(27,28)26(29,30)31)20(17,3)7-5-18(16)22/h5,16-17,32H,4,6-15H2,1-3H3/t16?,17?,20-,21+,22+,24-/m0/s1. The molecule has 1 spiro atoms. The van der Waals surface area contributed by atoms with Gasteiger partial charge in [-0.15, -0.1) is 0 Å². The molecule has 3 nitrogen and oxygen atoms in total. The number of ether oxygens (including phenoxy) is 2. The van der Waals surface area contributed by atoms with Gasteiger partial charge in [0.05, 0.1) is 13.2 Å². The highest BCUT2D eigenvalue weighted by atomic mass is 19.4. The Bertz CT molecular complexity index is 933. The summed E-state index contributed by atoms with van der Waals surface area (Å²) in [5, 5.41) is 11.0. The second-order valence-corrected chi connectivity index (χ2v) is 13.4. The lowest BCUT2D eigenvalue weighted by Crippen LogP contribution is -2.64. The smallest absolute Gasteiger partial charge is 0.383 e. The van der Waals surface area contributed by atoms with Crippen LogP contribution in [0.4, 0.5) is 22.0 Å². The Morgan fingerprint density at radius 2 is 1.59 bits per heavy atom. The van der Waals surface area contributed by atoms with Crippen molar-refractivity contribution < 1.29 is 36.5 Å². The lowest BCUT2D eigenvalue weighted by atomic mass is 9.52. The van der Waals surface area contributed by atoms with E-state index >= 15 is 0 Å².